The van der Waals surface area contributed by atoms with Gasteiger partial charge in [-0.2, -0.15) is 0 Å². The van der Waals surface area contributed by atoms with E-state index in [1.165, 1.54) is 0 Å². The Hall–Kier alpha value is -1.45. The third-order valence-corrected chi connectivity index (χ3v) is 6.72. The highest BCUT2D eigenvalue weighted by atomic mass is 32.2. The van der Waals surface area contributed by atoms with E-state index < -0.39 is 15.8 Å². The normalized spacial score (nSPS) is 27.5. The lowest BCUT2D eigenvalue weighted by molar-refractivity contribution is -0.132. The maximum atomic E-state index is 12.8. The summed E-state index contributed by atoms with van der Waals surface area (Å²) >= 11 is 0. The van der Waals surface area contributed by atoms with Crippen LogP contribution in [0.25, 0.3) is 0 Å². The molecular weight excluding hydrogens is 354 g/mol. The minimum absolute atomic E-state index is 0.0441. The molecule has 0 bridgehead atoms. The van der Waals surface area contributed by atoms with E-state index in [1.807, 2.05) is 17.8 Å². The minimum atomic E-state index is -3.64. The number of aryl methyl sites for hydroxylation is 1. The monoisotopic (exact) mass is 383 g/mol. The molecule has 1 saturated heterocycles. The summed E-state index contributed by atoms with van der Waals surface area (Å²) in [7, 11) is -1.76. The van der Waals surface area contributed by atoms with Gasteiger partial charge in [0, 0.05) is 45.1 Å². The lowest BCUT2D eigenvalue weighted by atomic mass is 9.88. The summed E-state index contributed by atoms with van der Waals surface area (Å²) < 4.78 is 29.6. The summed E-state index contributed by atoms with van der Waals surface area (Å²) in [4.78, 5) is 18.7. The molecule has 2 heterocycles. The van der Waals surface area contributed by atoms with Gasteiger partial charge < -0.3 is 14.8 Å². The number of nitrogens with zero attached hydrogens (tertiary/aromatic N) is 3. The fourth-order valence-electron chi connectivity index (χ4n) is 3.85. The number of hydrogen-bond acceptors (Lipinski definition) is 5. The Morgan fingerprint density at radius 1 is 1.35 bits per heavy atom. The van der Waals surface area contributed by atoms with E-state index in [4.69, 9.17) is 0 Å². The first-order chi connectivity index (χ1) is 12.4. The Morgan fingerprint density at radius 2 is 2.08 bits per heavy atom. The van der Waals surface area contributed by atoms with Crippen molar-refractivity contribution >= 4 is 15.9 Å². The molecule has 2 N–H and O–H groups in total. The fraction of sp³-hybridized carbons (Fsp3) is 0.765. The predicted octanol–water partition coefficient (Wildman–Crippen LogP) is 0.391. The van der Waals surface area contributed by atoms with Crippen LogP contribution in [0.15, 0.2) is 12.4 Å². The molecule has 1 unspecified atom stereocenters. The molecule has 1 saturated carbocycles. The number of sulfonamides is 1. The van der Waals surface area contributed by atoms with Crippen LogP contribution < -0.4 is 10.0 Å². The molecule has 1 atom stereocenters. The molecule has 9 heteroatoms. The molecule has 1 aliphatic carbocycles. The molecule has 146 valence electrons. The van der Waals surface area contributed by atoms with Gasteiger partial charge >= 0.3 is 0 Å². The van der Waals surface area contributed by atoms with E-state index >= 15 is 0 Å². The quantitative estimate of drug-likeness (QED) is 0.767. The van der Waals surface area contributed by atoms with Gasteiger partial charge in [-0.1, -0.05) is 6.92 Å². The number of amides is 1. The molecule has 1 aromatic rings. The van der Waals surface area contributed by atoms with Crippen LogP contribution in [0.3, 0.4) is 0 Å². The van der Waals surface area contributed by atoms with Crippen molar-refractivity contribution in [2.24, 2.45) is 13.0 Å². The number of carbonyl (C=O) groups excluding carboxylic acids is 1. The fourth-order valence-corrected chi connectivity index (χ4v) is 5.17. The van der Waals surface area contributed by atoms with Gasteiger partial charge in [-0.05, 0) is 31.6 Å². The van der Waals surface area contributed by atoms with Crippen LogP contribution in [0.5, 0.6) is 0 Å². The molecule has 0 spiro atoms. The highest BCUT2D eigenvalue weighted by Crippen LogP contribution is 2.24. The highest BCUT2D eigenvalue weighted by Gasteiger charge is 2.33. The van der Waals surface area contributed by atoms with Gasteiger partial charge in [0.05, 0.1) is 0 Å². The summed E-state index contributed by atoms with van der Waals surface area (Å²) in [6.45, 7) is 3.90. The Labute approximate surface area is 155 Å². The molecule has 0 radical (unpaired) electrons. The molecule has 1 aliphatic heterocycles. The van der Waals surface area contributed by atoms with Crippen LogP contribution in [0.1, 0.15) is 44.5 Å². The maximum Gasteiger partial charge on any atom is 0.239 e. The number of carbonyl (C=O) groups is 1. The number of piperazine rings is 1. The average Bonchev–Trinajstić information content (AvgIpc) is 3.02. The Balaban J connectivity index is 1.64. The smallest absolute Gasteiger partial charge is 0.239 e. The van der Waals surface area contributed by atoms with Gasteiger partial charge in [-0.3, -0.25) is 4.79 Å². The lowest BCUT2D eigenvalue weighted by Gasteiger charge is -2.36. The number of nitrogens with one attached hydrogen (secondary N) is 2. The van der Waals surface area contributed by atoms with Crippen molar-refractivity contribution in [3.8, 4) is 0 Å². The third kappa shape index (κ3) is 4.63. The molecule has 26 heavy (non-hydrogen) atoms. The van der Waals surface area contributed by atoms with E-state index in [2.05, 4.69) is 21.9 Å². The molecule has 2 aliphatic rings. The zero-order valence-electron chi connectivity index (χ0n) is 15.5. The topological polar surface area (TPSA) is 96.3 Å². The van der Waals surface area contributed by atoms with E-state index in [-0.39, 0.29) is 18.0 Å². The van der Waals surface area contributed by atoms with Crippen molar-refractivity contribution in [2.45, 2.75) is 44.7 Å². The molecule has 8 nitrogen and oxygen atoms in total. The van der Waals surface area contributed by atoms with Crippen LogP contribution in [0.2, 0.25) is 0 Å². The summed E-state index contributed by atoms with van der Waals surface area (Å²) in [5.41, 5.74) is 0. The highest BCUT2D eigenvalue weighted by molar-refractivity contribution is 7.90. The Bertz CT molecular complexity index is 725. The largest absolute Gasteiger partial charge is 0.336 e. The first kappa shape index (κ1) is 19.3. The summed E-state index contributed by atoms with van der Waals surface area (Å²) in [6, 6.07) is -0.292. The van der Waals surface area contributed by atoms with Gasteiger partial charge in [-0.25, -0.2) is 18.1 Å². The predicted molar refractivity (Wildman–Crippen MR) is 98.9 cm³/mol. The standard InChI is InChI=1S/C17H29N5O3S/c1-13-3-5-14(6-4-13)20-26(24,25)12-16(23)22-10-7-18-11-15(22)17-19-8-9-21(17)2/h8-9,13-15,18,20H,3-7,10-12H2,1-2H3. The van der Waals surface area contributed by atoms with Crippen LogP contribution in [0.4, 0.5) is 0 Å². The molecule has 0 aromatic carbocycles. The van der Waals surface area contributed by atoms with Crippen molar-refractivity contribution in [2.75, 3.05) is 25.4 Å². The van der Waals surface area contributed by atoms with Gasteiger partial charge in [0.25, 0.3) is 0 Å². The first-order valence-electron chi connectivity index (χ1n) is 9.33. The van der Waals surface area contributed by atoms with E-state index in [0.717, 1.165) is 31.5 Å². The SMILES string of the molecule is CC1CCC(NS(=O)(=O)CC(=O)N2CCNCC2c2nccn2C)CC1. The Kier molecular flexibility index (Phi) is 5.99. The van der Waals surface area contributed by atoms with Crippen molar-refractivity contribution < 1.29 is 13.2 Å². The van der Waals surface area contributed by atoms with Gasteiger partial charge in [0.15, 0.2) is 0 Å². The maximum absolute atomic E-state index is 12.8. The second-order valence-corrected chi connectivity index (χ2v) is 9.29. The summed E-state index contributed by atoms with van der Waals surface area (Å²) in [6.07, 6.45) is 7.26. The summed E-state index contributed by atoms with van der Waals surface area (Å²) in [5, 5.41) is 3.26. The molecule has 2 fully saturated rings. The molecule has 1 aromatic heterocycles. The number of hydrogen-bond donors (Lipinski definition) is 2. The third-order valence-electron chi connectivity index (χ3n) is 5.40. The van der Waals surface area contributed by atoms with Gasteiger partial charge in [0.1, 0.15) is 17.6 Å². The Morgan fingerprint density at radius 3 is 2.73 bits per heavy atom. The zero-order chi connectivity index (χ0) is 18.7. The van der Waals surface area contributed by atoms with Gasteiger partial charge in [-0.15, -0.1) is 0 Å². The minimum Gasteiger partial charge on any atom is -0.336 e. The van der Waals surface area contributed by atoms with Crippen LogP contribution in [-0.4, -0.2) is 60.2 Å². The zero-order valence-corrected chi connectivity index (χ0v) is 16.3. The van der Waals surface area contributed by atoms with Crippen molar-refractivity contribution in [1.29, 1.82) is 0 Å². The van der Waals surface area contributed by atoms with E-state index in [0.29, 0.717) is 25.6 Å². The molecular formula is C17H29N5O3S. The van der Waals surface area contributed by atoms with E-state index in [9.17, 15) is 13.2 Å². The van der Waals surface area contributed by atoms with Crippen LogP contribution in [0, 0.1) is 5.92 Å². The average molecular weight is 384 g/mol. The van der Waals surface area contributed by atoms with Crippen LogP contribution >= 0.6 is 0 Å². The number of rotatable bonds is 5. The number of aromatic nitrogens is 2. The number of imidazole rings is 1. The van der Waals surface area contributed by atoms with Crippen LogP contribution in [-0.2, 0) is 21.9 Å². The second-order valence-electron chi connectivity index (χ2n) is 7.54. The molecule has 1 amide bonds. The van der Waals surface area contributed by atoms with Gasteiger partial charge in [0.2, 0.25) is 15.9 Å². The lowest BCUT2D eigenvalue weighted by Crippen LogP contribution is -2.52. The van der Waals surface area contributed by atoms with Crippen molar-refractivity contribution in [3.63, 3.8) is 0 Å². The summed E-state index contributed by atoms with van der Waals surface area (Å²) in [5.74, 6) is 0.546. The second kappa shape index (κ2) is 8.06. The van der Waals surface area contributed by atoms with Crippen molar-refractivity contribution in [3.05, 3.63) is 18.2 Å². The van der Waals surface area contributed by atoms with Crippen molar-refractivity contribution in [1.82, 2.24) is 24.5 Å². The molecule has 3 rings (SSSR count). The van der Waals surface area contributed by atoms with E-state index in [1.54, 1.807) is 11.1 Å². The first-order valence-corrected chi connectivity index (χ1v) is 11.0.